The van der Waals surface area contributed by atoms with Crippen molar-refractivity contribution in [1.82, 2.24) is 4.98 Å². The molecule has 27 heavy (non-hydrogen) atoms. The summed E-state index contributed by atoms with van der Waals surface area (Å²) in [5, 5.41) is 0.551. The Kier molecular flexibility index (Phi) is 5.37. The van der Waals surface area contributed by atoms with Gasteiger partial charge in [-0.05, 0) is 61.8 Å². The first-order valence-electron chi connectivity index (χ1n) is 9.55. The van der Waals surface area contributed by atoms with Crippen LogP contribution in [0.4, 0.5) is 0 Å². The van der Waals surface area contributed by atoms with E-state index in [0.29, 0.717) is 16.7 Å². The van der Waals surface area contributed by atoms with Crippen molar-refractivity contribution in [3.8, 4) is 5.75 Å². The SMILES string of the molecule is COc1ccc(/C(=C\CC2CCCO2)c2ccc(C3CC3)c(=O)[nH]2)cc1Cl. The van der Waals surface area contributed by atoms with Gasteiger partial charge >= 0.3 is 0 Å². The summed E-state index contributed by atoms with van der Waals surface area (Å²) in [6.45, 7) is 0.828. The van der Waals surface area contributed by atoms with Crippen LogP contribution in [-0.4, -0.2) is 24.8 Å². The second-order valence-corrected chi connectivity index (χ2v) is 7.68. The number of pyridine rings is 1. The summed E-state index contributed by atoms with van der Waals surface area (Å²) >= 11 is 6.35. The van der Waals surface area contributed by atoms with Crippen molar-refractivity contribution < 1.29 is 9.47 Å². The van der Waals surface area contributed by atoms with Crippen molar-refractivity contribution in [2.24, 2.45) is 0 Å². The Labute approximate surface area is 164 Å². The standard InChI is InChI=1S/C22H24ClNO3/c1-26-21-11-6-15(13-19(21)23)17(8-7-16-3-2-12-27-16)20-10-9-18(14-4-5-14)22(25)24-20/h6,8-11,13-14,16H,2-5,7,12H2,1H3,(H,24,25)/b17-8+. The third kappa shape index (κ3) is 4.12. The molecule has 1 aliphatic carbocycles. The summed E-state index contributed by atoms with van der Waals surface area (Å²) in [6.07, 6.45) is 7.60. The van der Waals surface area contributed by atoms with E-state index in [1.807, 2.05) is 30.3 Å². The van der Waals surface area contributed by atoms with Crippen LogP contribution in [0.3, 0.4) is 0 Å². The number of halogens is 1. The third-order valence-electron chi connectivity index (χ3n) is 5.32. The van der Waals surface area contributed by atoms with E-state index in [9.17, 15) is 4.79 Å². The second kappa shape index (κ2) is 7.91. The van der Waals surface area contributed by atoms with E-state index in [1.165, 1.54) is 0 Å². The van der Waals surface area contributed by atoms with Crippen LogP contribution in [0, 0.1) is 0 Å². The zero-order valence-corrected chi connectivity index (χ0v) is 16.2. The number of aromatic amines is 1. The number of hydrogen-bond acceptors (Lipinski definition) is 3. The molecule has 0 radical (unpaired) electrons. The van der Waals surface area contributed by atoms with Crippen molar-refractivity contribution in [3.63, 3.8) is 0 Å². The van der Waals surface area contributed by atoms with Crippen LogP contribution in [0.25, 0.3) is 5.57 Å². The maximum absolute atomic E-state index is 12.5. The van der Waals surface area contributed by atoms with Crippen molar-refractivity contribution in [1.29, 1.82) is 0 Å². The topological polar surface area (TPSA) is 51.3 Å². The minimum Gasteiger partial charge on any atom is -0.495 e. The van der Waals surface area contributed by atoms with Crippen LogP contribution >= 0.6 is 11.6 Å². The lowest BCUT2D eigenvalue weighted by molar-refractivity contribution is 0.113. The Morgan fingerprint density at radius 1 is 1.30 bits per heavy atom. The summed E-state index contributed by atoms with van der Waals surface area (Å²) in [7, 11) is 1.60. The normalized spacial score (nSPS) is 20.1. The molecule has 1 atom stereocenters. The predicted molar refractivity (Wildman–Crippen MR) is 108 cm³/mol. The van der Waals surface area contributed by atoms with Crippen LogP contribution < -0.4 is 10.3 Å². The fourth-order valence-electron chi connectivity index (χ4n) is 3.65. The molecular weight excluding hydrogens is 362 g/mol. The van der Waals surface area contributed by atoms with Gasteiger partial charge in [0.05, 0.1) is 18.2 Å². The number of ether oxygens (including phenoxy) is 2. The first-order valence-corrected chi connectivity index (χ1v) is 9.93. The number of aromatic nitrogens is 1. The van der Waals surface area contributed by atoms with Gasteiger partial charge in [0, 0.05) is 23.4 Å². The molecule has 1 unspecified atom stereocenters. The Bertz CT molecular complexity index is 908. The average molecular weight is 386 g/mol. The van der Waals surface area contributed by atoms with E-state index in [4.69, 9.17) is 21.1 Å². The van der Waals surface area contributed by atoms with E-state index < -0.39 is 0 Å². The molecule has 5 heteroatoms. The highest BCUT2D eigenvalue weighted by Crippen LogP contribution is 2.38. The van der Waals surface area contributed by atoms with Gasteiger partial charge in [-0.3, -0.25) is 4.79 Å². The van der Waals surface area contributed by atoms with Crippen molar-refractivity contribution in [2.75, 3.05) is 13.7 Å². The molecule has 1 saturated heterocycles. The lowest BCUT2D eigenvalue weighted by Gasteiger charge is -2.13. The molecule has 1 aromatic carbocycles. The molecule has 2 heterocycles. The minimum absolute atomic E-state index is 0.0117. The Morgan fingerprint density at radius 2 is 2.15 bits per heavy atom. The fourth-order valence-corrected chi connectivity index (χ4v) is 3.91. The van der Waals surface area contributed by atoms with Crippen LogP contribution in [0.1, 0.15) is 54.8 Å². The van der Waals surface area contributed by atoms with Crippen molar-refractivity contribution in [2.45, 2.75) is 44.1 Å². The Balaban J connectivity index is 1.71. The molecule has 0 amide bonds. The molecule has 4 rings (SSSR count). The number of hydrogen-bond donors (Lipinski definition) is 1. The van der Waals surface area contributed by atoms with Crippen molar-refractivity contribution in [3.05, 3.63) is 68.6 Å². The van der Waals surface area contributed by atoms with E-state index in [0.717, 1.165) is 61.1 Å². The molecule has 0 bridgehead atoms. The summed E-state index contributed by atoms with van der Waals surface area (Å²) in [5.74, 6) is 1.06. The largest absolute Gasteiger partial charge is 0.495 e. The molecule has 2 aliphatic rings. The Morgan fingerprint density at radius 3 is 2.78 bits per heavy atom. The lowest BCUT2D eigenvalue weighted by atomic mass is 9.98. The Hall–Kier alpha value is -2.04. The van der Waals surface area contributed by atoms with Gasteiger partial charge in [0.1, 0.15) is 5.75 Å². The van der Waals surface area contributed by atoms with Gasteiger partial charge in [0.25, 0.3) is 5.56 Å². The number of rotatable bonds is 6. The van der Waals surface area contributed by atoms with Gasteiger partial charge in [0.15, 0.2) is 0 Å². The first kappa shape index (κ1) is 18.3. The van der Waals surface area contributed by atoms with Crippen LogP contribution in [0.5, 0.6) is 5.75 Å². The zero-order valence-electron chi connectivity index (χ0n) is 15.5. The van der Waals surface area contributed by atoms with E-state index in [2.05, 4.69) is 11.1 Å². The number of H-pyrrole nitrogens is 1. The number of nitrogens with one attached hydrogen (secondary N) is 1. The molecule has 2 aromatic rings. The maximum Gasteiger partial charge on any atom is 0.251 e. The highest BCUT2D eigenvalue weighted by molar-refractivity contribution is 6.32. The molecule has 2 fully saturated rings. The fraction of sp³-hybridized carbons (Fsp3) is 0.409. The highest BCUT2D eigenvalue weighted by Gasteiger charge is 2.26. The lowest BCUT2D eigenvalue weighted by Crippen LogP contribution is -2.13. The summed E-state index contributed by atoms with van der Waals surface area (Å²) in [4.78, 5) is 15.6. The molecule has 142 valence electrons. The average Bonchev–Trinajstić information content (AvgIpc) is 3.37. The summed E-state index contributed by atoms with van der Waals surface area (Å²) in [6, 6.07) is 9.69. The highest BCUT2D eigenvalue weighted by atomic mass is 35.5. The van der Waals surface area contributed by atoms with Gasteiger partial charge < -0.3 is 14.5 Å². The first-order chi connectivity index (χ1) is 13.2. The number of benzene rings is 1. The van der Waals surface area contributed by atoms with Gasteiger partial charge in [-0.15, -0.1) is 0 Å². The molecule has 4 nitrogen and oxygen atoms in total. The predicted octanol–water partition coefficient (Wildman–Crippen LogP) is 4.92. The van der Waals surface area contributed by atoms with Crippen molar-refractivity contribution >= 4 is 17.2 Å². The van der Waals surface area contributed by atoms with Gasteiger partial charge in [-0.2, -0.15) is 0 Å². The van der Waals surface area contributed by atoms with E-state index in [1.54, 1.807) is 7.11 Å². The summed E-state index contributed by atoms with van der Waals surface area (Å²) in [5.41, 5.74) is 3.63. The second-order valence-electron chi connectivity index (χ2n) is 7.27. The van der Waals surface area contributed by atoms with Gasteiger partial charge in [-0.25, -0.2) is 0 Å². The van der Waals surface area contributed by atoms with Gasteiger partial charge in [-0.1, -0.05) is 29.8 Å². The molecule has 0 spiro atoms. The van der Waals surface area contributed by atoms with E-state index in [-0.39, 0.29) is 11.7 Å². The summed E-state index contributed by atoms with van der Waals surface area (Å²) < 4.78 is 11.0. The smallest absolute Gasteiger partial charge is 0.251 e. The maximum atomic E-state index is 12.5. The monoisotopic (exact) mass is 385 g/mol. The molecule has 1 N–H and O–H groups in total. The molecule has 1 aromatic heterocycles. The minimum atomic E-state index is 0.0117. The van der Waals surface area contributed by atoms with E-state index >= 15 is 0 Å². The molecule has 1 aliphatic heterocycles. The van der Waals surface area contributed by atoms with Crippen LogP contribution in [0.2, 0.25) is 5.02 Å². The van der Waals surface area contributed by atoms with Crippen LogP contribution in [0.15, 0.2) is 41.2 Å². The number of methoxy groups -OCH3 is 1. The van der Waals surface area contributed by atoms with Gasteiger partial charge in [0.2, 0.25) is 0 Å². The third-order valence-corrected chi connectivity index (χ3v) is 5.61. The molecule has 1 saturated carbocycles. The van der Waals surface area contributed by atoms with Crippen LogP contribution in [-0.2, 0) is 4.74 Å². The zero-order chi connectivity index (χ0) is 18.8. The molecular formula is C22H24ClNO3. The quantitative estimate of drug-likeness (QED) is 0.768.